The van der Waals surface area contributed by atoms with Crippen molar-refractivity contribution in [3.05, 3.63) is 53.9 Å². The number of hydrogen-bond acceptors (Lipinski definition) is 4. The van der Waals surface area contributed by atoms with E-state index < -0.39 is 0 Å². The molecule has 0 aliphatic carbocycles. The van der Waals surface area contributed by atoms with Crippen LogP contribution in [0.2, 0.25) is 0 Å². The summed E-state index contributed by atoms with van der Waals surface area (Å²) in [6.45, 7) is 6.25. The average molecular weight is 379 g/mol. The van der Waals surface area contributed by atoms with E-state index in [0.29, 0.717) is 5.69 Å². The van der Waals surface area contributed by atoms with Crippen LogP contribution in [0, 0.1) is 6.92 Å². The average Bonchev–Trinajstić information content (AvgIpc) is 2.69. The molecule has 0 saturated carbocycles. The predicted octanol–water partition coefficient (Wildman–Crippen LogP) is 1.95. The maximum absolute atomic E-state index is 12.2. The van der Waals surface area contributed by atoms with Crippen molar-refractivity contribution in [2.24, 2.45) is 0 Å². The van der Waals surface area contributed by atoms with Gasteiger partial charge in [0.2, 0.25) is 7.85 Å². The van der Waals surface area contributed by atoms with Crippen molar-refractivity contribution in [3.8, 4) is 0 Å². The fraction of sp³-hybridized carbons (Fsp3) is 0.350. The number of carbonyl (C=O) groups excluding carboxylic acids is 2. The van der Waals surface area contributed by atoms with E-state index in [4.69, 9.17) is 0 Å². The maximum Gasteiger partial charge on any atom is 0.323 e. The van der Waals surface area contributed by atoms with E-state index in [0.717, 1.165) is 50.5 Å². The Morgan fingerprint density at radius 1 is 1.07 bits per heavy atom. The number of urea groups is 1. The zero-order valence-corrected chi connectivity index (χ0v) is 16.4. The molecule has 2 aromatic rings. The number of benzene rings is 1. The van der Waals surface area contributed by atoms with Gasteiger partial charge in [0.15, 0.2) is 5.81 Å². The molecule has 0 unspecified atom stereocenters. The van der Waals surface area contributed by atoms with Crippen LogP contribution in [-0.2, 0) is 6.42 Å². The number of piperazine rings is 1. The van der Waals surface area contributed by atoms with Gasteiger partial charge in [-0.2, -0.15) is 0 Å². The first-order valence-corrected chi connectivity index (χ1v) is 9.57. The summed E-state index contributed by atoms with van der Waals surface area (Å²) in [7, 11) is 1.62. The van der Waals surface area contributed by atoms with Crippen LogP contribution >= 0.6 is 0 Å². The Bertz CT molecular complexity index is 820. The Labute approximate surface area is 166 Å². The number of anilines is 2. The van der Waals surface area contributed by atoms with E-state index in [1.807, 2.05) is 42.2 Å². The molecule has 0 spiro atoms. The molecular weight excluding hydrogens is 353 g/mol. The van der Waals surface area contributed by atoms with E-state index >= 15 is 0 Å². The number of rotatable bonds is 5. The molecule has 0 radical (unpaired) electrons. The molecule has 1 aliphatic heterocycles. The predicted molar refractivity (Wildman–Crippen MR) is 114 cm³/mol. The van der Waals surface area contributed by atoms with E-state index in [9.17, 15) is 9.59 Å². The third-order valence-electron chi connectivity index (χ3n) is 4.89. The summed E-state index contributed by atoms with van der Waals surface area (Å²) in [6, 6.07) is 11.3. The highest BCUT2D eigenvalue weighted by molar-refractivity contribution is 6.56. The van der Waals surface area contributed by atoms with Crippen LogP contribution in [0.1, 0.15) is 11.3 Å². The van der Waals surface area contributed by atoms with E-state index in [1.54, 1.807) is 14.0 Å². The number of aromatic nitrogens is 1. The minimum atomic E-state index is -0.289. The lowest BCUT2D eigenvalue weighted by Gasteiger charge is -2.34. The molecule has 1 aliphatic rings. The molecule has 3 rings (SSSR count). The summed E-state index contributed by atoms with van der Waals surface area (Å²) in [4.78, 5) is 32.0. The first-order valence-electron chi connectivity index (χ1n) is 9.57. The molecule has 0 atom stereocenters. The van der Waals surface area contributed by atoms with Crippen molar-refractivity contribution in [1.29, 1.82) is 0 Å². The first-order chi connectivity index (χ1) is 13.5. The number of carbonyl (C=O) groups is 2. The van der Waals surface area contributed by atoms with Crippen molar-refractivity contribution in [3.63, 3.8) is 0 Å². The van der Waals surface area contributed by atoms with Crippen LogP contribution in [0.5, 0.6) is 0 Å². The van der Waals surface area contributed by atoms with Gasteiger partial charge >= 0.3 is 6.03 Å². The molecule has 146 valence electrons. The van der Waals surface area contributed by atoms with Gasteiger partial charge in [-0.1, -0.05) is 12.1 Å². The first kappa shape index (κ1) is 19.9. The number of hydrogen-bond donors (Lipinski definition) is 2. The number of nitrogens with one attached hydrogen (secondary N) is 2. The topological polar surface area (TPSA) is 77.6 Å². The van der Waals surface area contributed by atoms with Crippen LogP contribution < -0.4 is 10.6 Å². The molecular formula is C20H26BN5O2. The number of amides is 3. The molecule has 7 nitrogen and oxygen atoms in total. The highest BCUT2D eigenvalue weighted by atomic mass is 16.2. The lowest BCUT2D eigenvalue weighted by atomic mass is 10.1. The van der Waals surface area contributed by atoms with Crippen LogP contribution in [0.25, 0.3) is 0 Å². The zero-order valence-electron chi connectivity index (χ0n) is 16.4. The minimum absolute atomic E-state index is 0.151. The van der Waals surface area contributed by atoms with Crippen molar-refractivity contribution < 1.29 is 9.59 Å². The van der Waals surface area contributed by atoms with Gasteiger partial charge in [-0.05, 0) is 43.2 Å². The SMILES string of the molecule is BC(=O)N1CCN(CCc2cccc(NC(=O)Nc3ccc(C)nc3)c2)CC1. The maximum atomic E-state index is 12.2. The lowest BCUT2D eigenvalue weighted by Crippen LogP contribution is -2.48. The number of aryl methyl sites for hydroxylation is 1. The van der Waals surface area contributed by atoms with Gasteiger partial charge < -0.3 is 15.5 Å². The molecule has 28 heavy (non-hydrogen) atoms. The Morgan fingerprint density at radius 2 is 1.82 bits per heavy atom. The van der Waals surface area contributed by atoms with Gasteiger partial charge in [0.1, 0.15) is 0 Å². The fourth-order valence-electron chi connectivity index (χ4n) is 3.21. The third kappa shape index (κ3) is 5.82. The smallest absolute Gasteiger partial charge is 0.323 e. The summed E-state index contributed by atoms with van der Waals surface area (Å²) >= 11 is 0. The van der Waals surface area contributed by atoms with Crippen molar-refractivity contribution in [2.45, 2.75) is 13.3 Å². The number of nitrogens with zero attached hydrogens (tertiary/aromatic N) is 3. The van der Waals surface area contributed by atoms with Crippen LogP contribution in [0.4, 0.5) is 21.0 Å². The van der Waals surface area contributed by atoms with Crippen LogP contribution in [-0.4, -0.2) is 67.2 Å². The van der Waals surface area contributed by atoms with Gasteiger partial charge in [0.05, 0.1) is 11.9 Å². The van der Waals surface area contributed by atoms with Gasteiger partial charge in [-0.15, -0.1) is 0 Å². The molecule has 1 aromatic carbocycles. The summed E-state index contributed by atoms with van der Waals surface area (Å²) in [5.74, 6) is 0.151. The van der Waals surface area contributed by atoms with Gasteiger partial charge in [0, 0.05) is 44.1 Å². The van der Waals surface area contributed by atoms with Crippen molar-refractivity contribution >= 4 is 31.1 Å². The molecule has 1 aromatic heterocycles. The van der Waals surface area contributed by atoms with Gasteiger partial charge in [-0.3, -0.25) is 14.7 Å². The standard InChI is InChI=1S/C20H26BN5O2/c1-15-5-6-18(14-22-15)24-20(28)23-17-4-2-3-16(13-17)7-8-25-9-11-26(12-10-25)19(21)27/h2-6,13-14H,7-12,21H2,1H3,(H2,23,24,28). The second kappa shape index (κ2) is 9.37. The summed E-state index contributed by atoms with van der Waals surface area (Å²) in [5, 5.41) is 5.65. The van der Waals surface area contributed by atoms with Crippen molar-refractivity contribution in [1.82, 2.24) is 14.8 Å². The molecule has 2 heterocycles. The second-order valence-corrected chi connectivity index (χ2v) is 7.07. The Kier molecular flexibility index (Phi) is 6.65. The normalized spacial score (nSPS) is 14.5. The molecule has 2 N–H and O–H groups in total. The Morgan fingerprint density at radius 3 is 2.50 bits per heavy atom. The lowest BCUT2D eigenvalue weighted by molar-refractivity contribution is 0.154. The minimum Gasteiger partial charge on any atom is -0.349 e. The van der Waals surface area contributed by atoms with Crippen LogP contribution in [0.3, 0.4) is 0 Å². The second-order valence-electron chi connectivity index (χ2n) is 7.07. The van der Waals surface area contributed by atoms with E-state index in [2.05, 4.69) is 26.6 Å². The molecule has 1 saturated heterocycles. The number of pyridine rings is 1. The summed E-state index contributed by atoms with van der Waals surface area (Å²) < 4.78 is 0. The molecule has 1 fully saturated rings. The highest BCUT2D eigenvalue weighted by Gasteiger charge is 2.17. The van der Waals surface area contributed by atoms with Crippen LogP contribution in [0.15, 0.2) is 42.6 Å². The fourth-order valence-corrected chi connectivity index (χ4v) is 3.21. The summed E-state index contributed by atoms with van der Waals surface area (Å²) in [5.41, 5.74) is 3.49. The Hall–Kier alpha value is -2.87. The summed E-state index contributed by atoms with van der Waals surface area (Å²) in [6.07, 6.45) is 2.54. The van der Waals surface area contributed by atoms with Gasteiger partial charge in [0.25, 0.3) is 0 Å². The molecule has 3 amide bonds. The monoisotopic (exact) mass is 379 g/mol. The Balaban J connectivity index is 1.48. The molecule has 8 heteroatoms. The highest BCUT2D eigenvalue weighted by Crippen LogP contribution is 2.13. The van der Waals surface area contributed by atoms with Gasteiger partial charge in [-0.25, -0.2) is 4.79 Å². The molecule has 0 bridgehead atoms. The zero-order chi connectivity index (χ0) is 19.9. The van der Waals surface area contributed by atoms with Crippen molar-refractivity contribution in [2.75, 3.05) is 43.4 Å². The third-order valence-corrected chi connectivity index (χ3v) is 4.89. The largest absolute Gasteiger partial charge is 0.349 e. The quantitative estimate of drug-likeness (QED) is 0.779. The van der Waals surface area contributed by atoms with E-state index in [-0.39, 0.29) is 11.8 Å². The van der Waals surface area contributed by atoms with E-state index in [1.165, 1.54) is 5.56 Å².